The number of rotatable bonds is 6. The Balaban J connectivity index is 1.60. The normalized spacial score (nSPS) is 17.1. The topological polar surface area (TPSA) is 96.2 Å². The van der Waals surface area contributed by atoms with Crippen LogP contribution < -0.4 is 10.6 Å². The van der Waals surface area contributed by atoms with Crippen LogP contribution in [0.3, 0.4) is 0 Å². The summed E-state index contributed by atoms with van der Waals surface area (Å²) in [4.78, 5) is 23.7. The van der Waals surface area contributed by atoms with Crippen LogP contribution in [0.4, 0.5) is 0 Å². The van der Waals surface area contributed by atoms with E-state index < -0.39 is 6.10 Å². The lowest BCUT2D eigenvalue weighted by Crippen LogP contribution is -2.33. The average Bonchev–Trinajstić information content (AvgIpc) is 3.08. The van der Waals surface area contributed by atoms with Crippen molar-refractivity contribution in [1.82, 2.24) is 20.4 Å². The van der Waals surface area contributed by atoms with Crippen molar-refractivity contribution in [1.29, 1.82) is 0 Å². The Hall–Kier alpha value is -2.67. The molecule has 3 rings (SSSR count). The van der Waals surface area contributed by atoms with Crippen LogP contribution in [0.2, 0.25) is 0 Å². The molecular weight excluding hydrogens is 344 g/mol. The van der Waals surface area contributed by atoms with Crippen molar-refractivity contribution in [3.63, 3.8) is 0 Å². The second kappa shape index (κ2) is 8.35. The van der Waals surface area contributed by atoms with E-state index in [-0.39, 0.29) is 18.4 Å². The van der Waals surface area contributed by atoms with Gasteiger partial charge in [0, 0.05) is 26.6 Å². The predicted molar refractivity (Wildman–Crippen MR) is 101 cm³/mol. The molecule has 0 saturated carbocycles. The van der Waals surface area contributed by atoms with E-state index in [1.807, 2.05) is 35.9 Å². The first-order valence-electron chi connectivity index (χ1n) is 9.26. The molecule has 0 spiro atoms. The van der Waals surface area contributed by atoms with E-state index in [4.69, 9.17) is 0 Å². The molecule has 0 radical (unpaired) electrons. The highest BCUT2D eigenvalue weighted by Gasteiger charge is 2.25. The van der Waals surface area contributed by atoms with Crippen LogP contribution in [-0.4, -0.2) is 39.8 Å². The predicted octanol–water partition coefficient (Wildman–Crippen LogP) is 1.35. The maximum absolute atomic E-state index is 12.6. The third-order valence-corrected chi connectivity index (χ3v) is 4.98. The Labute approximate surface area is 158 Å². The average molecular weight is 370 g/mol. The molecule has 0 fully saturated rings. The Morgan fingerprint density at radius 3 is 2.74 bits per heavy atom. The van der Waals surface area contributed by atoms with E-state index in [9.17, 15) is 14.7 Å². The molecule has 1 aliphatic rings. The van der Waals surface area contributed by atoms with Gasteiger partial charge in [0.05, 0.1) is 23.6 Å². The molecule has 1 aromatic heterocycles. The number of nitrogens with one attached hydrogen (secondary N) is 2. The van der Waals surface area contributed by atoms with Crippen LogP contribution in [0.15, 0.2) is 30.5 Å². The molecule has 2 heterocycles. The van der Waals surface area contributed by atoms with Crippen molar-refractivity contribution in [2.24, 2.45) is 5.92 Å². The van der Waals surface area contributed by atoms with Crippen LogP contribution in [-0.2, 0) is 17.8 Å². The number of amides is 2. The number of fused-ring (bicyclic) bond motifs is 1. The van der Waals surface area contributed by atoms with Crippen molar-refractivity contribution in [2.75, 3.05) is 13.1 Å². The van der Waals surface area contributed by atoms with Gasteiger partial charge in [-0.05, 0) is 31.2 Å². The van der Waals surface area contributed by atoms with E-state index in [0.29, 0.717) is 24.4 Å². The van der Waals surface area contributed by atoms with Gasteiger partial charge >= 0.3 is 0 Å². The second-order valence-electron chi connectivity index (χ2n) is 7.16. The summed E-state index contributed by atoms with van der Waals surface area (Å²) in [7, 11) is 0. The molecule has 1 aromatic carbocycles. The summed E-state index contributed by atoms with van der Waals surface area (Å²) in [5, 5.41) is 20.2. The SMILES string of the molecule is CC(=O)NCC1CCn2ncc(C(=O)NCC(O)c3ccc(C)cc3)c2C1. The standard InChI is InChI=1S/C20H26N4O3/c1-13-3-5-16(6-4-13)19(26)12-22-20(27)17-11-23-24-8-7-15(9-18(17)24)10-21-14(2)25/h3-6,11,15,19,26H,7-10,12H2,1-2H3,(H,21,25)(H,22,27). The first-order valence-corrected chi connectivity index (χ1v) is 9.26. The summed E-state index contributed by atoms with van der Waals surface area (Å²) in [5.41, 5.74) is 3.32. The maximum atomic E-state index is 12.6. The van der Waals surface area contributed by atoms with Crippen LogP contribution in [0.25, 0.3) is 0 Å². The number of carbonyl (C=O) groups excluding carboxylic acids is 2. The van der Waals surface area contributed by atoms with Gasteiger partial charge in [0.15, 0.2) is 0 Å². The maximum Gasteiger partial charge on any atom is 0.254 e. The molecular formula is C20H26N4O3. The van der Waals surface area contributed by atoms with E-state index in [1.54, 1.807) is 6.20 Å². The van der Waals surface area contributed by atoms with Gasteiger partial charge < -0.3 is 15.7 Å². The van der Waals surface area contributed by atoms with Gasteiger partial charge in [-0.1, -0.05) is 29.8 Å². The minimum absolute atomic E-state index is 0.0443. The van der Waals surface area contributed by atoms with Gasteiger partial charge in [-0.2, -0.15) is 5.10 Å². The van der Waals surface area contributed by atoms with Crippen molar-refractivity contribution in [3.8, 4) is 0 Å². The zero-order valence-electron chi connectivity index (χ0n) is 15.7. The summed E-state index contributed by atoms with van der Waals surface area (Å²) in [6.45, 7) is 4.97. The smallest absolute Gasteiger partial charge is 0.254 e. The fraction of sp³-hybridized carbons (Fsp3) is 0.450. The summed E-state index contributed by atoms with van der Waals surface area (Å²) in [6.07, 6.45) is 2.45. The lowest BCUT2D eigenvalue weighted by molar-refractivity contribution is -0.119. The molecule has 2 unspecified atom stereocenters. The lowest BCUT2D eigenvalue weighted by Gasteiger charge is -2.24. The first-order chi connectivity index (χ1) is 12.9. The Bertz CT molecular complexity index is 813. The number of aryl methyl sites for hydroxylation is 2. The number of benzene rings is 1. The van der Waals surface area contributed by atoms with Crippen LogP contribution in [0.5, 0.6) is 0 Å². The number of hydrogen-bond donors (Lipinski definition) is 3. The van der Waals surface area contributed by atoms with Crippen LogP contribution in [0.1, 0.15) is 46.6 Å². The Kier molecular flexibility index (Phi) is 5.91. The molecule has 2 aromatic rings. The largest absolute Gasteiger partial charge is 0.387 e. The Morgan fingerprint density at radius 1 is 1.30 bits per heavy atom. The van der Waals surface area contributed by atoms with Crippen molar-refractivity contribution in [3.05, 3.63) is 52.8 Å². The molecule has 27 heavy (non-hydrogen) atoms. The molecule has 2 atom stereocenters. The van der Waals surface area contributed by atoms with Gasteiger partial charge in [0.25, 0.3) is 5.91 Å². The highest BCUT2D eigenvalue weighted by atomic mass is 16.3. The van der Waals surface area contributed by atoms with E-state index in [2.05, 4.69) is 15.7 Å². The highest BCUT2D eigenvalue weighted by molar-refractivity contribution is 5.95. The number of aliphatic hydroxyl groups excluding tert-OH is 1. The van der Waals surface area contributed by atoms with Crippen LogP contribution >= 0.6 is 0 Å². The van der Waals surface area contributed by atoms with Gasteiger partial charge in [0.2, 0.25) is 5.91 Å². The molecule has 0 bridgehead atoms. The van der Waals surface area contributed by atoms with Gasteiger partial charge in [-0.3, -0.25) is 14.3 Å². The van der Waals surface area contributed by atoms with E-state index >= 15 is 0 Å². The molecule has 2 amide bonds. The van der Waals surface area contributed by atoms with Crippen molar-refractivity contribution in [2.45, 2.75) is 39.3 Å². The van der Waals surface area contributed by atoms with Gasteiger partial charge in [-0.25, -0.2) is 0 Å². The van der Waals surface area contributed by atoms with Crippen molar-refractivity contribution >= 4 is 11.8 Å². The highest BCUT2D eigenvalue weighted by Crippen LogP contribution is 2.23. The summed E-state index contributed by atoms with van der Waals surface area (Å²) in [5.74, 6) is 0.0162. The minimum Gasteiger partial charge on any atom is -0.387 e. The van der Waals surface area contributed by atoms with E-state index in [0.717, 1.165) is 29.8 Å². The zero-order chi connectivity index (χ0) is 19.4. The number of nitrogens with zero attached hydrogens (tertiary/aromatic N) is 2. The molecule has 0 aliphatic carbocycles. The van der Waals surface area contributed by atoms with Gasteiger partial charge in [0.1, 0.15) is 0 Å². The zero-order valence-corrected chi connectivity index (χ0v) is 15.7. The fourth-order valence-corrected chi connectivity index (χ4v) is 3.34. The molecule has 144 valence electrons. The second-order valence-corrected chi connectivity index (χ2v) is 7.16. The number of carbonyl (C=O) groups is 2. The Morgan fingerprint density at radius 2 is 2.04 bits per heavy atom. The molecule has 3 N–H and O–H groups in total. The molecule has 7 heteroatoms. The summed E-state index contributed by atoms with van der Waals surface area (Å²) in [6, 6.07) is 7.59. The summed E-state index contributed by atoms with van der Waals surface area (Å²) < 4.78 is 1.86. The molecule has 0 saturated heterocycles. The lowest BCUT2D eigenvalue weighted by atomic mass is 9.94. The molecule has 7 nitrogen and oxygen atoms in total. The minimum atomic E-state index is -0.756. The van der Waals surface area contributed by atoms with Crippen molar-refractivity contribution < 1.29 is 14.7 Å². The first kappa shape index (κ1) is 19.1. The number of hydrogen-bond acceptors (Lipinski definition) is 4. The third kappa shape index (κ3) is 4.74. The summed E-state index contributed by atoms with van der Waals surface area (Å²) >= 11 is 0. The molecule has 1 aliphatic heterocycles. The van der Waals surface area contributed by atoms with Crippen LogP contribution in [0, 0.1) is 12.8 Å². The van der Waals surface area contributed by atoms with Gasteiger partial charge in [-0.15, -0.1) is 0 Å². The number of aliphatic hydroxyl groups is 1. The van der Waals surface area contributed by atoms with E-state index in [1.165, 1.54) is 6.92 Å². The monoisotopic (exact) mass is 370 g/mol. The number of aromatic nitrogens is 2. The quantitative estimate of drug-likeness (QED) is 0.715. The fourth-order valence-electron chi connectivity index (χ4n) is 3.34. The third-order valence-electron chi connectivity index (χ3n) is 4.98.